The average molecular weight is 773 g/mol. The van der Waals surface area contributed by atoms with Crippen LogP contribution in [0.3, 0.4) is 0 Å². The minimum atomic E-state index is -0.513. The first kappa shape index (κ1) is 33.1. The molecule has 2 spiro atoms. The molecule has 1 heteroatoms. The molecule has 10 aromatic carbocycles. The Kier molecular flexibility index (Phi) is 6.48. The molecule has 1 aliphatic heterocycles. The molecule has 282 valence electrons. The van der Waals surface area contributed by atoms with Gasteiger partial charge in [0.1, 0.15) is 11.5 Å². The van der Waals surface area contributed by atoms with Gasteiger partial charge in [0.05, 0.1) is 10.8 Å². The van der Waals surface area contributed by atoms with Crippen LogP contribution in [0.2, 0.25) is 0 Å². The minimum Gasteiger partial charge on any atom is -0.457 e. The Morgan fingerprint density at radius 1 is 0.262 bits per heavy atom. The molecule has 1 unspecified atom stereocenters. The first-order valence-electron chi connectivity index (χ1n) is 21.3. The highest BCUT2D eigenvalue weighted by Gasteiger charge is 2.52. The Labute approximate surface area is 354 Å². The number of hydrogen-bond acceptors (Lipinski definition) is 1. The molecule has 0 radical (unpaired) electrons. The molecule has 1 heterocycles. The van der Waals surface area contributed by atoms with E-state index in [-0.39, 0.29) is 0 Å². The molecule has 4 aliphatic rings. The van der Waals surface area contributed by atoms with Crippen molar-refractivity contribution in [1.82, 2.24) is 0 Å². The van der Waals surface area contributed by atoms with Gasteiger partial charge in [-0.05, 0) is 124 Å². The van der Waals surface area contributed by atoms with Gasteiger partial charge in [-0.25, -0.2) is 0 Å². The molecule has 3 aliphatic carbocycles. The third kappa shape index (κ3) is 4.06. The minimum absolute atomic E-state index is 0.457. The lowest BCUT2D eigenvalue weighted by Crippen LogP contribution is -2.32. The number of rotatable bonds is 2. The number of fused-ring (bicyclic) bond motifs is 18. The summed E-state index contributed by atoms with van der Waals surface area (Å²) in [6.45, 7) is 0. The van der Waals surface area contributed by atoms with Crippen molar-refractivity contribution in [3.05, 3.63) is 263 Å². The molecule has 14 rings (SSSR count). The highest BCUT2D eigenvalue weighted by atomic mass is 16.5. The maximum atomic E-state index is 6.78. The molecular formula is C60H36O. The predicted octanol–water partition coefficient (Wildman–Crippen LogP) is 15.0. The smallest absolute Gasteiger partial charge is 0.132 e. The van der Waals surface area contributed by atoms with Crippen LogP contribution in [0.15, 0.2) is 218 Å². The molecule has 0 aromatic heterocycles. The van der Waals surface area contributed by atoms with Crippen molar-refractivity contribution in [3.63, 3.8) is 0 Å². The largest absolute Gasteiger partial charge is 0.457 e. The second-order valence-electron chi connectivity index (χ2n) is 17.0. The van der Waals surface area contributed by atoms with E-state index >= 15 is 0 Å². The molecule has 1 nitrogen and oxygen atoms in total. The van der Waals surface area contributed by atoms with Crippen LogP contribution in [0.25, 0.3) is 66.4 Å². The second kappa shape index (κ2) is 11.9. The van der Waals surface area contributed by atoms with Gasteiger partial charge in [0.15, 0.2) is 0 Å². The van der Waals surface area contributed by atoms with Crippen LogP contribution < -0.4 is 4.74 Å². The van der Waals surface area contributed by atoms with Crippen molar-refractivity contribution >= 4 is 10.8 Å². The van der Waals surface area contributed by atoms with Gasteiger partial charge >= 0.3 is 0 Å². The fourth-order valence-electron chi connectivity index (χ4n) is 12.1. The molecule has 1 atom stereocenters. The quantitative estimate of drug-likeness (QED) is 0.170. The lowest BCUT2D eigenvalue weighted by molar-refractivity contribution is 0.436. The van der Waals surface area contributed by atoms with E-state index in [1.807, 2.05) is 0 Å². The van der Waals surface area contributed by atoms with E-state index < -0.39 is 10.8 Å². The van der Waals surface area contributed by atoms with E-state index in [2.05, 4.69) is 218 Å². The lowest BCUT2D eigenvalue weighted by atomic mass is 9.61. The molecule has 0 saturated carbocycles. The number of hydrogen-bond donors (Lipinski definition) is 0. The zero-order valence-corrected chi connectivity index (χ0v) is 33.2. The van der Waals surface area contributed by atoms with Crippen LogP contribution in [0.1, 0.15) is 44.5 Å². The Morgan fingerprint density at radius 2 is 0.721 bits per heavy atom. The molecule has 10 aromatic rings. The van der Waals surface area contributed by atoms with Gasteiger partial charge in [0.2, 0.25) is 0 Å². The van der Waals surface area contributed by atoms with E-state index in [0.29, 0.717) is 0 Å². The summed E-state index contributed by atoms with van der Waals surface area (Å²) in [5.41, 5.74) is 22.0. The number of para-hydroxylation sites is 1. The number of ether oxygens (including phenoxy) is 1. The summed E-state index contributed by atoms with van der Waals surface area (Å²) in [7, 11) is 0. The predicted molar refractivity (Wildman–Crippen MR) is 248 cm³/mol. The van der Waals surface area contributed by atoms with Gasteiger partial charge in [0, 0.05) is 11.1 Å². The van der Waals surface area contributed by atoms with Crippen LogP contribution in [-0.2, 0) is 10.8 Å². The standard InChI is InChI=1S/C60H36O/c1-5-25-47-42(19-1)43-20-2-6-26-48(43)59(47)51-29-9-10-32-55(51)61-56-34-33-39(36-54(56)59)38-17-11-18-40(35-38)41-23-14-31-53-58(41)46-22-4-8-28-50(46)60(53)49-27-7-3-21-44(49)45-24-12-15-37-16-13-30-52(60)57(37)45/h1-36H. The highest BCUT2D eigenvalue weighted by molar-refractivity contribution is 6.08. The van der Waals surface area contributed by atoms with Crippen LogP contribution in [-0.4, -0.2) is 0 Å². The fourth-order valence-corrected chi connectivity index (χ4v) is 12.1. The fraction of sp³-hybridized carbons (Fsp3) is 0.0333. The van der Waals surface area contributed by atoms with Gasteiger partial charge in [-0.1, -0.05) is 194 Å². The summed E-state index contributed by atoms with van der Waals surface area (Å²) in [5.74, 6) is 1.81. The first-order chi connectivity index (χ1) is 30.3. The Morgan fingerprint density at radius 3 is 1.46 bits per heavy atom. The molecule has 0 N–H and O–H groups in total. The molecule has 61 heavy (non-hydrogen) atoms. The third-order valence-electron chi connectivity index (χ3n) is 14.4. The van der Waals surface area contributed by atoms with Gasteiger partial charge in [-0.3, -0.25) is 0 Å². The number of benzene rings is 10. The van der Waals surface area contributed by atoms with E-state index in [0.717, 1.165) is 11.5 Å². The molecule has 0 saturated heterocycles. The molecule has 0 fully saturated rings. The topological polar surface area (TPSA) is 9.23 Å². The normalized spacial score (nSPS) is 16.2. The van der Waals surface area contributed by atoms with Crippen molar-refractivity contribution < 1.29 is 4.74 Å². The van der Waals surface area contributed by atoms with Crippen molar-refractivity contribution in [1.29, 1.82) is 0 Å². The van der Waals surface area contributed by atoms with Crippen LogP contribution in [0, 0.1) is 0 Å². The Hall–Kier alpha value is -7.74. The van der Waals surface area contributed by atoms with Crippen molar-refractivity contribution in [2.24, 2.45) is 0 Å². The van der Waals surface area contributed by atoms with Crippen molar-refractivity contribution in [2.45, 2.75) is 10.8 Å². The van der Waals surface area contributed by atoms with Gasteiger partial charge < -0.3 is 4.74 Å². The van der Waals surface area contributed by atoms with Gasteiger partial charge in [-0.15, -0.1) is 0 Å². The summed E-state index contributed by atoms with van der Waals surface area (Å²) in [6.07, 6.45) is 0. The maximum Gasteiger partial charge on any atom is 0.132 e. The lowest BCUT2D eigenvalue weighted by Gasteiger charge is -2.40. The van der Waals surface area contributed by atoms with E-state index in [9.17, 15) is 0 Å². The zero-order valence-electron chi connectivity index (χ0n) is 33.2. The average Bonchev–Trinajstić information content (AvgIpc) is 3.79. The van der Waals surface area contributed by atoms with Crippen molar-refractivity contribution in [3.8, 4) is 67.1 Å². The van der Waals surface area contributed by atoms with Crippen LogP contribution in [0.5, 0.6) is 11.5 Å². The van der Waals surface area contributed by atoms with E-state index in [4.69, 9.17) is 4.74 Å². The van der Waals surface area contributed by atoms with Crippen LogP contribution >= 0.6 is 0 Å². The van der Waals surface area contributed by atoms with Crippen LogP contribution in [0.4, 0.5) is 0 Å². The molecular weight excluding hydrogens is 737 g/mol. The maximum absolute atomic E-state index is 6.78. The highest BCUT2D eigenvalue weighted by Crippen LogP contribution is 2.64. The first-order valence-corrected chi connectivity index (χ1v) is 21.3. The summed E-state index contributed by atoms with van der Waals surface area (Å²) in [6, 6.07) is 81.5. The van der Waals surface area contributed by atoms with Crippen molar-refractivity contribution in [2.75, 3.05) is 0 Å². The SMILES string of the molecule is c1cc(-c2ccc3c(c2)C2(c4ccccc4O3)c3ccccc3-c3ccccc32)cc(-c2cccc3c2-c2ccccc2C32c3ccccc3-c3cccc4cccc2c34)c1. The third-order valence-corrected chi connectivity index (χ3v) is 14.4. The molecule has 0 amide bonds. The zero-order chi connectivity index (χ0) is 39.9. The van der Waals surface area contributed by atoms with Gasteiger partial charge in [-0.2, -0.15) is 0 Å². The van der Waals surface area contributed by atoms with E-state index in [1.165, 1.54) is 111 Å². The summed E-state index contributed by atoms with van der Waals surface area (Å²) in [4.78, 5) is 0. The molecule has 0 bridgehead atoms. The monoisotopic (exact) mass is 772 g/mol. The van der Waals surface area contributed by atoms with Gasteiger partial charge in [0.25, 0.3) is 0 Å². The second-order valence-corrected chi connectivity index (χ2v) is 17.0. The Bertz CT molecular complexity index is 3480. The summed E-state index contributed by atoms with van der Waals surface area (Å²) < 4.78 is 6.78. The summed E-state index contributed by atoms with van der Waals surface area (Å²) in [5, 5.41) is 2.63. The van der Waals surface area contributed by atoms with E-state index in [1.54, 1.807) is 0 Å². The summed E-state index contributed by atoms with van der Waals surface area (Å²) >= 11 is 0. The Balaban J connectivity index is 0.986.